The van der Waals surface area contributed by atoms with Gasteiger partial charge in [-0.3, -0.25) is 4.79 Å². The van der Waals surface area contributed by atoms with E-state index in [2.05, 4.69) is 37.8 Å². The summed E-state index contributed by atoms with van der Waals surface area (Å²) in [7, 11) is 0. The van der Waals surface area contributed by atoms with E-state index in [9.17, 15) is 4.79 Å². The van der Waals surface area contributed by atoms with E-state index in [1.54, 1.807) is 0 Å². The molecule has 0 saturated carbocycles. The topological polar surface area (TPSA) is 53.5 Å². The molecule has 0 aliphatic carbocycles. The number of halogens is 1. The van der Waals surface area contributed by atoms with E-state index in [1.165, 1.54) is 5.39 Å². The van der Waals surface area contributed by atoms with E-state index in [1.807, 2.05) is 67.6 Å². The van der Waals surface area contributed by atoms with E-state index >= 15 is 0 Å². The molecule has 0 aromatic heterocycles. The maximum absolute atomic E-state index is 12.0. The molecular formula is C20H18BrN3O. The van der Waals surface area contributed by atoms with Crippen LogP contribution in [0.5, 0.6) is 0 Å². The van der Waals surface area contributed by atoms with Crippen molar-refractivity contribution in [3.63, 3.8) is 0 Å². The van der Waals surface area contributed by atoms with E-state index in [-0.39, 0.29) is 12.5 Å². The predicted molar refractivity (Wildman–Crippen MR) is 107 cm³/mol. The lowest BCUT2D eigenvalue weighted by Gasteiger charge is -2.07. The van der Waals surface area contributed by atoms with Crippen LogP contribution in [-0.2, 0) is 4.79 Å². The van der Waals surface area contributed by atoms with Gasteiger partial charge in [0.1, 0.15) is 0 Å². The lowest BCUT2D eigenvalue weighted by Crippen LogP contribution is -2.26. The number of nitrogens with one attached hydrogen (secondary N) is 2. The number of hydrazone groups is 1. The lowest BCUT2D eigenvalue weighted by atomic mass is 10.1. The molecular weight excluding hydrogens is 378 g/mol. The first-order valence-corrected chi connectivity index (χ1v) is 8.73. The van der Waals surface area contributed by atoms with Crippen molar-refractivity contribution >= 4 is 44.0 Å². The second kappa shape index (κ2) is 7.94. The van der Waals surface area contributed by atoms with Crippen molar-refractivity contribution in [2.45, 2.75) is 6.92 Å². The Morgan fingerprint density at radius 1 is 1.00 bits per heavy atom. The van der Waals surface area contributed by atoms with Gasteiger partial charge in [-0.2, -0.15) is 5.10 Å². The third-order valence-electron chi connectivity index (χ3n) is 3.81. The molecule has 3 aromatic carbocycles. The Morgan fingerprint density at radius 2 is 1.72 bits per heavy atom. The van der Waals surface area contributed by atoms with Crippen molar-refractivity contribution < 1.29 is 4.79 Å². The van der Waals surface area contributed by atoms with Gasteiger partial charge in [-0.25, -0.2) is 5.43 Å². The van der Waals surface area contributed by atoms with E-state index in [0.717, 1.165) is 26.8 Å². The maximum atomic E-state index is 12.0. The molecule has 2 N–H and O–H groups in total. The molecule has 0 spiro atoms. The van der Waals surface area contributed by atoms with Gasteiger partial charge in [0, 0.05) is 10.2 Å². The fourth-order valence-electron chi connectivity index (χ4n) is 2.42. The monoisotopic (exact) mass is 395 g/mol. The molecule has 4 nitrogen and oxygen atoms in total. The molecule has 1 amide bonds. The Labute approximate surface area is 155 Å². The van der Waals surface area contributed by atoms with Gasteiger partial charge in [0.2, 0.25) is 0 Å². The summed E-state index contributed by atoms with van der Waals surface area (Å²) in [6, 6.07) is 21.9. The third-order valence-corrected chi connectivity index (χ3v) is 4.34. The minimum absolute atomic E-state index is 0.162. The highest BCUT2D eigenvalue weighted by Gasteiger charge is 2.02. The highest BCUT2D eigenvalue weighted by Crippen LogP contribution is 2.18. The SMILES string of the molecule is CC(=NNC(=O)CNc1ccc2ccccc2c1)c1ccc(Br)cc1. The fraction of sp³-hybridized carbons (Fsp3) is 0.100. The van der Waals surface area contributed by atoms with E-state index in [4.69, 9.17) is 0 Å². The molecule has 0 atom stereocenters. The fourth-order valence-corrected chi connectivity index (χ4v) is 2.69. The molecule has 0 aliphatic heterocycles. The molecule has 3 rings (SSSR count). The van der Waals surface area contributed by atoms with Crippen LogP contribution in [0.4, 0.5) is 5.69 Å². The molecule has 126 valence electrons. The molecule has 25 heavy (non-hydrogen) atoms. The zero-order chi connectivity index (χ0) is 17.6. The van der Waals surface area contributed by atoms with Crippen molar-refractivity contribution in [2.24, 2.45) is 5.10 Å². The summed E-state index contributed by atoms with van der Waals surface area (Å²) in [5.74, 6) is -0.190. The van der Waals surface area contributed by atoms with E-state index < -0.39 is 0 Å². The van der Waals surface area contributed by atoms with Crippen LogP contribution < -0.4 is 10.7 Å². The second-order valence-corrected chi connectivity index (χ2v) is 6.57. The molecule has 3 aromatic rings. The number of fused-ring (bicyclic) bond motifs is 1. The quantitative estimate of drug-likeness (QED) is 0.491. The maximum Gasteiger partial charge on any atom is 0.259 e. The molecule has 0 radical (unpaired) electrons. The highest BCUT2D eigenvalue weighted by atomic mass is 79.9. The summed E-state index contributed by atoms with van der Waals surface area (Å²) in [5.41, 5.74) is 5.20. The van der Waals surface area contributed by atoms with Crippen LogP contribution in [0, 0.1) is 0 Å². The van der Waals surface area contributed by atoms with Gasteiger partial charge in [0.15, 0.2) is 0 Å². The lowest BCUT2D eigenvalue weighted by molar-refractivity contribution is -0.119. The third kappa shape index (κ3) is 4.67. The molecule has 0 saturated heterocycles. The largest absolute Gasteiger partial charge is 0.376 e. The standard InChI is InChI=1S/C20H18BrN3O/c1-14(15-6-9-18(21)10-7-15)23-24-20(25)13-22-19-11-8-16-4-2-3-5-17(16)12-19/h2-12,22H,13H2,1H3,(H,24,25). The van der Waals surface area contributed by atoms with Crippen LogP contribution in [0.2, 0.25) is 0 Å². The summed E-state index contributed by atoms with van der Waals surface area (Å²) in [6.07, 6.45) is 0. The van der Waals surface area contributed by atoms with Gasteiger partial charge in [-0.05, 0) is 47.5 Å². The first-order chi connectivity index (χ1) is 12.1. The van der Waals surface area contributed by atoms with Gasteiger partial charge in [0.05, 0.1) is 12.3 Å². The molecule has 0 unspecified atom stereocenters. The number of rotatable bonds is 5. The molecule has 5 heteroatoms. The first kappa shape index (κ1) is 17.2. The van der Waals surface area contributed by atoms with Gasteiger partial charge in [-0.1, -0.05) is 58.4 Å². The number of nitrogens with zero attached hydrogens (tertiary/aromatic N) is 1. The predicted octanol–water partition coefficient (Wildman–Crippen LogP) is 4.55. The number of amides is 1. The van der Waals surface area contributed by atoms with Crippen LogP contribution in [0.3, 0.4) is 0 Å². The summed E-state index contributed by atoms with van der Waals surface area (Å²) < 4.78 is 1.01. The molecule has 0 bridgehead atoms. The number of hydrogen-bond donors (Lipinski definition) is 2. The highest BCUT2D eigenvalue weighted by molar-refractivity contribution is 9.10. The summed E-state index contributed by atoms with van der Waals surface area (Å²) in [5, 5.41) is 9.58. The Kier molecular flexibility index (Phi) is 5.46. The van der Waals surface area contributed by atoms with Crippen LogP contribution >= 0.6 is 15.9 Å². The molecule has 0 fully saturated rings. The number of carbonyl (C=O) groups excluding carboxylic acids is 1. The van der Waals surface area contributed by atoms with Crippen molar-refractivity contribution in [3.05, 3.63) is 76.8 Å². The molecule has 0 heterocycles. The zero-order valence-corrected chi connectivity index (χ0v) is 15.4. The zero-order valence-electron chi connectivity index (χ0n) is 13.8. The van der Waals surface area contributed by atoms with Gasteiger partial charge in [0.25, 0.3) is 5.91 Å². The summed E-state index contributed by atoms with van der Waals surface area (Å²) in [6.45, 7) is 2.02. The number of carbonyl (C=O) groups is 1. The smallest absolute Gasteiger partial charge is 0.259 e. The van der Waals surface area contributed by atoms with Crippen LogP contribution in [0.1, 0.15) is 12.5 Å². The van der Waals surface area contributed by atoms with Crippen LogP contribution in [0.15, 0.2) is 76.3 Å². The Morgan fingerprint density at radius 3 is 2.48 bits per heavy atom. The minimum atomic E-state index is -0.190. The van der Waals surface area contributed by atoms with Crippen LogP contribution in [0.25, 0.3) is 10.8 Å². The van der Waals surface area contributed by atoms with Gasteiger partial charge in [-0.15, -0.1) is 0 Å². The average Bonchev–Trinajstić information content (AvgIpc) is 2.65. The number of anilines is 1. The van der Waals surface area contributed by atoms with Crippen LogP contribution in [-0.4, -0.2) is 18.2 Å². The first-order valence-electron chi connectivity index (χ1n) is 7.93. The number of hydrogen-bond acceptors (Lipinski definition) is 3. The van der Waals surface area contributed by atoms with Gasteiger partial charge >= 0.3 is 0 Å². The van der Waals surface area contributed by atoms with E-state index in [0.29, 0.717) is 0 Å². The average molecular weight is 396 g/mol. The van der Waals surface area contributed by atoms with Crippen molar-refractivity contribution in [1.29, 1.82) is 0 Å². The summed E-state index contributed by atoms with van der Waals surface area (Å²) in [4.78, 5) is 12.0. The Balaban J connectivity index is 1.56. The minimum Gasteiger partial charge on any atom is -0.376 e. The normalized spacial score (nSPS) is 11.4. The van der Waals surface area contributed by atoms with Crippen molar-refractivity contribution in [1.82, 2.24) is 5.43 Å². The Hall–Kier alpha value is -2.66. The molecule has 0 aliphatic rings. The summed E-state index contributed by atoms with van der Waals surface area (Å²) >= 11 is 3.40. The van der Waals surface area contributed by atoms with Crippen molar-refractivity contribution in [3.8, 4) is 0 Å². The van der Waals surface area contributed by atoms with Crippen molar-refractivity contribution in [2.75, 3.05) is 11.9 Å². The Bertz CT molecular complexity index is 920. The van der Waals surface area contributed by atoms with Gasteiger partial charge < -0.3 is 5.32 Å². The second-order valence-electron chi connectivity index (χ2n) is 5.65. The number of benzene rings is 3.